The van der Waals surface area contributed by atoms with E-state index in [0.717, 1.165) is 16.9 Å². The fourth-order valence-corrected chi connectivity index (χ4v) is 2.34. The van der Waals surface area contributed by atoms with Gasteiger partial charge >= 0.3 is 0 Å². The molecule has 1 aliphatic rings. The van der Waals surface area contributed by atoms with Crippen molar-refractivity contribution >= 4 is 5.78 Å². The van der Waals surface area contributed by atoms with E-state index in [1.54, 1.807) is 0 Å². The molecule has 1 aliphatic heterocycles. The first-order valence-electron chi connectivity index (χ1n) is 6.06. The largest absolute Gasteiger partial charge is 0.475 e. The van der Waals surface area contributed by atoms with Gasteiger partial charge in [0.25, 0.3) is 0 Å². The van der Waals surface area contributed by atoms with Gasteiger partial charge in [-0.25, -0.2) is 0 Å². The molecular formula is C16H14O2. The number of hydrogen-bond donors (Lipinski definition) is 0. The van der Waals surface area contributed by atoms with E-state index in [-0.39, 0.29) is 5.78 Å². The minimum atomic E-state index is -0.865. The predicted molar refractivity (Wildman–Crippen MR) is 69.6 cm³/mol. The lowest BCUT2D eigenvalue weighted by molar-refractivity contribution is -0.135. The number of benzene rings is 2. The second kappa shape index (κ2) is 3.98. The summed E-state index contributed by atoms with van der Waals surface area (Å²) in [5.41, 5.74) is 1.01. The van der Waals surface area contributed by atoms with Gasteiger partial charge in [0.2, 0.25) is 0 Å². The maximum atomic E-state index is 12.4. The van der Waals surface area contributed by atoms with E-state index in [0.29, 0.717) is 6.42 Å². The maximum absolute atomic E-state index is 12.4. The molecule has 0 saturated carbocycles. The number of rotatable bonds is 1. The SMILES string of the molecule is CC1(c2ccccc2)Oc2ccccc2CC1=O. The van der Waals surface area contributed by atoms with E-state index in [9.17, 15) is 4.79 Å². The van der Waals surface area contributed by atoms with Crippen molar-refractivity contribution in [2.75, 3.05) is 0 Å². The summed E-state index contributed by atoms with van der Waals surface area (Å²) >= 11 is 0. The van der Waals surface area contributed by atoms with Crippen LogP contribution in [-0.4, -0.2) is 5.78 Å². The topological polar surface area (TPSA) is 26.3 Å². The van der Waals surface area contributed by atoms with Crippen LogP contribution < -0.4 is 4.74 Å². The van der Waals surface area contributed by atoms with Crippen molar-refractivity contribution < 1.29 is 9.53 Å². The van der Waals surface area contributed by atoms with Crippen LogP contribution in [0.4, 0.5) is 0 Å². The third kappa shape index (κ3) is 1.61. The number of fused-ring (bicyclic) bond motifs is 1. The fourth-order valence-electron chi connectivity index (χ4n) is 2.34. The van der Waals surface area contributed by atoms with Gasteiger partial charge in [-0.2, -0.15) is 0 Å². The summed E-state index contributed by atoms with van der Waals surface area (Å²) in [5, 5.41) is 0. The van der Waals surface area contributed by atoms with E-state index in [1.165, 1.54) is 0 Å². The van der Waals surface area contributed by atoms with E-state index in [1.807, 2.05) is 61.5 Å². The first-order valence-corrected chi connectivity index (χ1v) is 6.06. The summed E-state index contributed by atoms with van der Waals surface area (Å²) in [7, 11) is 0. The zero-order chi connectivity index (χ0) is 12.6. The molecule has 2 heteroatoms. The van der Waals surface area contributed by atoms with Crippen molar-refractivity contribution in [3.05, 3.63) is 65.7 Å². The van der Waals surface area contributed by atoms with Gasteiger partial charge in [0, 0.05) is 17.5 Å². The molecule has 1 atom stereocenters. The molecular weight excluding hydrogens is 224 g/mol. The zero-order valence-corrected chi connectivity index (χ0v) is 10.2. The van der Waals surface area contributed by atoms with Crippen LogP contribution in [0.2, 0.25) is 0 Å². The van der Waals surface area contributed by atoms with Crippen LogP contribution in [0, 0.1) is 0 Å². The van der Waals surface area contributed by atoms with Crippen molar-refractivity contribution in [2.45, 2.75) is 18.9 Å². The van der Waals surface area contributed by atoms with Gasteiger partial charge in [0.1, 0.15) is 5.75 Å². The predicted octanol–water partition coefficient (Wildman–Crippen LogP) is 3.11. The average molecular weight is 238 g/mol. The highest BCUT2D eigenvalue weighted by molar-refractivity contribution is 5.92. The number of carbonyl (C=O) groups excluding carboxylic acids is 1. The molecule has 0 aromatic heterocycles. The molecule has 0 aliphatic carbocycles. The molecule has 0 spiro atoms. The summed E-state index contributed by atoms with van der Waals surface area (Å²) in [6, 6.07) is 17.4. The van der Waals surface area contributed by atoms with Gasteiger partial charge < -0.3 is 4.74 Å². The normalized spacial score (nSPS) is 22.2. The Morgan fingerprint density at radius 2 is 1.67 bits per heavy atom. The summed E-state index contributed by atoms with van der Waals surface area (Å²) in [5.74, 6) is 0.913. The first-order chi connectivity index (χ1) is 8.70. The van der Waals surface area contributed by atoms with Crippen molar-refractivity contribution in [3.8, 4) is 5.75 Å². The molecule has 0 bridgehead atoms. The molecule has 3 rings (SSSR count). The van der Waals surface area contributed by atoms with Crippen LogP contribution in [-0.2, 0) is 16.8 Å². The number of ether oxygens (including phenoxy) is 1. The summed E-state index contributed by atoms with van der Waals surface area (Å²) in [6.45, 7) is 1.85. The monoisotopic (exact) mass is 238 g/mol. The van der Waals surface area contributed by atoms with Gasteiger partial charge in [-0.05, 0) is 13.0 Å². The minimum absolute atomic E-state index is 0.104. The number of hydrogen-bond acceptors (Lipinski definition) is 2. The quantitative estimate of drug-likeness (QED) is 0.763. The van der Waals surface area contributed by atoms with Crippen LogP contribution in [0.3, 0.4) is 0 Å². The third-order valence-electron chi connectivity index (χ3n) is 3.49. The number of carbonyl (C=O) groups is 1. The lowest BCUT2D eigenvalue weighted by Gasteiger charge is -2.34. The summed E-state index contributed by atoms with van der Waals surface area (Å²) in [4.78, 5) is 12.4. The second-order valence-electron chi connectivity index (χ2n) is 4.71. The molecule has 2 nitrogen and oxygen atoms in total. The van der Waals surface area contributed by atoms with Gasteiger partial charge in [0.05, 0.1) is 0 Å². The molecule has 0 N–H and O–H groups in total. The van der Waals surface area contributed by atoms with Gasteiger partial charge in [-0.1, -0.05) is 48.5 Å². The Bertz CT molecular complexity index is 589. The fraction of sp³-hybridized carbons (Fsp3) is 0.188. The smallest absolute Gasteiger partial charge is 0.189 e. The summed E-state index contributed by atoms with van der Waals surface area (Å²) < 4.78 is 5.97. The van der Waals surface area contributed by atoms with Crippen LogP contribution in [0.1, 0.15) is 18.1 Å². The van der Waals surface area contributed by atoms with Crippen molar-refractivity contribution in [2.24, 2.45) is 0 Å². The molecule has 0 saturated heterocycles. The van der Waals surface area contributed by atoms with E-state index >= 15 is 0 Å². The molecule has 1 heterocycles. The molecule has 90 valence electrons. The Kier molecular flexibility index (Phi) is 2.44. The Labute approximate surface area is 106 Å². The Balaban J connectivity index is 2.07. The van der Waals surface area contributed by atoms with Gasteiger partial charge in [0.15, 0.2) is 11.4 Å². The highest BCUT2D eigenvalue weighted by atomic mass is 16.5. The zero-order valence-electron chi connectivity index (χ0n) is 10.2. The van der Waals surface area contributed by atoms with Crippen molar-refractivity contribution in [3.63, 3.8) is 0 Å². The summed E-state index contributed by atoms with van der Waals surface area (Å²) in [6.07, 6.45) is 0.432. The average Bonchev–Trinajstić information content (AvgIpc) is 2.41. The van der Waals surface area contributed by atoms with E-state index in [4.69, 9.17) is 4.74 Å². The Hall–Kier alpha value is -2.09. The standard InChI is InChI=1S/C16H14O2/c1-16(13-8-3-2-4-9-13)15(17)11-12-7-5-6-10-14(12)18-16/h2-10H,11H2,1H3. The highest BCUT2D eigenvalue weighted by Gasteiger charge is 2.40. The lowest BCUT2D eigenvalue weighted by atomic mass is 9.85. The minimum Gasteiger partial charge on any atom is -0.475 e. The number of para-hydroxylation sites is 1. The van der Waals surface area contributed by atoms with Crippen molar-refractivity contribution in [1.29, 1.82) is 0 Å². The molecule has 0 fully saturated rings. The number of Topliss-reactive ketones (excluding diaryl/α,β-unsaturated/α-hetero) is 1. The number of ketones is 1. The molecule has 0 radical (unpaired) electrons. The van der Waals surface area contributed by atoms with Gasteiger partial charge in [-0.3, -0.25) is 4.79 Å². The lowest BCUT2D eigenvalue weighted by Crippen LogP contribution is -2.42. The Morgan fingerprint density at radius 3 is 2.44 bits per heavy atom. The Morgan fingerprint density at radius 1 is 1.00 bits per heavy atom. The van der Waals surface area contributed by atoms with Crippen LogP contribution in [0.25, 0.3) is 0 Å². The van der Waals surface area contributed by atoms with Gasteiger partial charge in [-0.15, -0.1) is 0 Å². The van der Waals surface area contributed by atoms with Crippen molar-refractivity contribution in [1.82, 2.24) is 0 Å². The van der Waals surface area contributed by atoms with Crippen LogP contribution >= 0.6 is 0 Å². The molecule has 2 aromatic carbocycles. The highest BCUT2D eigenvalue weighted by Crippen LogP contribution is 2.36. The molecule has 18 heavy (non-hydrogen) atoms. The molecule has 0 amide bonds. The third-order valence-corrected chi connectivity index (χ3v) is 3.49. The van der Waals surface area contributed by atoms with E-state index < -0.39 is 5.60 Å². The van der Waals surface area contributed by atoms with E-state index in [2.05, 4.69) is 0 Å². The second-order valence-corrected chi connectivity index (χ2v) is 4.71. The van der Waals surface area contributed by atoms with Crippen LogP contribution in [0.5, 0.6) is 5.75 Å². The first kappa shape index (κ1) is 11.0. The van der Waals surface area contributed by atoms with Crippen LogP contribution in [0.15, 0.2) is 54.6 Å². The maximum Gasteiger partial charge on any atom is 0.189 e. The molecule has 1 unspecified atom stereocenters. The molecule has 2 aromatic rings.